The Morgan fingerprint density at radius 3 is 1.62 bits per heavy atom. The first-order valence-electron chi connectivity index (χ1n) is 9.73. The van der Waals surface area contributed by atoms with Gasteiger partial charge < -0.3 is 14.2 Å². The van der Waals surface area contributed by atoms with E-state index in [1.165, 1.54) is 38.5 Å². The Kier molecular flexibility index (Phi) is 17.4. The van der Waals surface area contributed by atoms with Crippen LogP contribution in [0.25, 0.3) is 0 Å². The zero-order valence-corrected chi connectivity index (χ0v) is 17.6. The van der Waals surface area contributed by atoms with Gasteiger partial charge in [-0.1, -0.05) is 71.8 Å². The molecule has 0 fully saturated rings. The summed E-state index contributed by atoms with van der Waals surface area (Å²) < 4.78 is 17.2. The van der Waals surface area contributed by atoms with Gasteiger partial charge in [-0.3, -0.25) is 0 Å². The summed E-state index contributed by atoms with van der Waals surface area (Å²) in [6.45, 7) is 12.0. The average Bonchev–Trinajstić information content (AvgIpc) is 2.63. The van der Waals surface area contributed by atoms with Gasteiger partial charge in [0.25, 0.3) is 0 Å². The van der Waals surface area contributed by atoms with E-state index in [1.54, 1.807) is 21.3 Å². The molecule has 0 bridgehead atoms. The van der Waals surface area contributed by atoms with E-state index in [1.807, 2.05) is 13.0 Å². The van der Waals surface area contributed by atoms with Crippen molar-refractivity contribution in [3.05, 3.63) is 12.7 Å². The van der Waals surface area contributed by atoms with Gasteiger partial charge >= 0.3 is 0 Å². The molecule has 24 heavy (non-hydrogen) atoms. The predicted octanol–water partition coefficient (Wildman–Crippen LogP) is 6.51. The number of rotatable bonds is 14. The van der Waals surface area contributed by atoms with E-state index in [-0.39, 0.29) is 5.60 Å². The first kappa shape index (κ1) is 25.9. The topological polar surface area (TPSA) is 27.7 Å². The molecule has 0 aliphatic carbocycles. The highest BCUT2D eigenvalue weighted by atomic mass is 16.7. The second-order valence-corrected chi connectivity index (χ2v) is 6.52. The molecule has 0 rings (SSSR count). The van der Waals surface area contributed by atoms with E-state index in [0.29, 0.717) is 0 Å². The minimum absolute atomic E-state index is 0.351. The quantitative estimate of drug-likeness (QED) is 0.204. The highest BCUT2D eigenvalue weighted by Gasteiger charge is 2.48. The number of hydrogen-bond acceptors (Lipinski definition) is 3. The first-order chi connectivity index (χ1) is 11.5. The lowest BCUT2D eigenvalue weighted by Crippen LogP contribution is -2.56. The molecule has 0 N–H and O–H groups in total. The van der Waals surface area contributed by atoms with Gasteiger partial charge in [-0.05, 0) is 26.2 Å². The summed E-state index contributed by atoms with van der Waals surface area (Å²) in [5, 5.41) is 0. The molecule has 3 heteroatoms. The molecule has 0 spiro atoms. The molecule has 0 heterocycles. The monoisotopic (exact) mass is 344 g/mol. The van der Waals surface area contributed by atoms with Crippen LogP contribution in [-0.2, 0) is 14.2 Å². The number of unbranched alkanes of at least 4 members (excludes halogenated alkanes) is 5. The lowest BCUT2D eigenvalue weighted by Gasteiger charge is -2.45. The Bertz CT molecular complexity index is 274. The lowest BCUT2D eigenvalue weighted by molar-refractivity contribution is -0.303. The molecule has 3 nitrogen and oxygen atoms in total. The van der Waals surface area contributed by atoms with Crippen LogP contribution < -0.4 is 0 Å². The maximum absolute atomic E-state index is 5.90. The standard InChI is InChI=1S/C17H36O3.C4H8/c1-7-9-10-11-12-13-15-17(20-6,14-8-2)16(3,18-4)19-5;1-3-4-2/h7-15H2,1-6H3;3H,1,4H2,2H3. The van der Waals surface area contributed by atoms with Crippen molar-refractivity contribution in [2.75, 3.05) is 21.3 Å². The van der Waals surface area contributed by atoms with Crippen LogP contribution in [0.2, 0.25) is 0 Å². The normalized spacial score (nSPS) is 13.8. The maximum Gasteiger partial charge on any atom is 0.194 e. The summed E-state index contributed by atoms with van der Waals surface area (Å²) in [5.41, 5.74) is -0.351. The number of methoxy groups -OCH3 is 3. The second kappa shape index (κ2) is 16.1. The molecule has 1 atom stereocenters. The molecule has 1 unspecified atom stereocenters. The molecule has 146 valence electrons. The average molecular weight is 345 g/mol. The largest absolute Gasteiger partial charge is 0.373 e. The van der Waals surface area contributed by atoms with E-state index in [9.17, 15) is 0 Å². The smallest absolute Gasteiger partial charge is 0.194 e. The zero-order valence-electron chi connectivity index (χ0n) is 17.6. The van der Waals surface area contributed by atoms with Gasteiger partial charge in [-0.15, -0.1) is 6.58 Å². The van der Waals surface area contributed by atoms with E-state index >= 15 is 0 Å². The molecule has 0 aromatic rings. The van der Waals surface area contributed by atoms with Crippen LogP contribution in [0.15, 0.2) is 12.7 Å². The molecule has 0 radical (unpaired) electrons. The van der Waals surface area contributed by atoms with Crippen molar-refractivity contribution < 1.29 is 14.2 Å². The van der Waals surface area contributed by atoms with Gasteiger partial charge in [-0.25, -0.2) is 0 Å². The molecule has 0 aromatic heterocycles. The van der Waals surface area contributed by atoms with Gasteiger partial charge in [0, 0.05) is 21.3 Å². The third-order valence-electron chi connectivity index (χ3n) is 4.87. The molecule has 0 aliphatic heterocycles. The number of ether oxygens (including phenoxy) is 3. The summed E-state index contributed by atoms with van der Waals surface area (Å²) in [5.74, 6) is -0.679. The summed E-state index contributed by atoms with van der Waals surface area (Å²) in [6, 6.07) is 0. The lowest BCUT2D eigenvalue weighted by atomic mass is 9.83. The van der Waals surface area contributed by atoms with Gasteiger partial charge in [0.05, 0.1) is 0 Å². The van der Waals surface area contributed by atoms with Crippen LogP contribution in [-0.4, -0.2) is 32.7 Å². The fourth-order valence-electron chi connectivity index (χ4n) is 3.02. The predicted molar refractivity (Wildman–Crippen MR) is 106 cm³/mol. The molecule has 0 aromatic carbocycles. The maximum atomic E-state index is 5.90. The van der Waals surface area contributed by atoms with Crippen molar-refractivity contribution in [2.45, 2.75) is 103 Å². The zero-order chi connectivity index (χ0) is 18.9. The molecule has 0 saturated heterocycles. The van der Waals surface area contributed by atoms with Crippen LogP contribution in [0.1, 0.15) is 91.9 Å². The Labute approximate surface area is 152 Å². The molecule has 0 saturated carbocycles. The van der Waals surface area contributed by atoms with Crippen molar-refractivity contribution in [1.29, 1.82) is 0 Å². The summed E-state index contributed by atoms with van der Waals surface area (Å²) in [7, 11) is 5.19. The fourth-order valence-corrected chi connectivity index (χ4v) is 3.02. The van der Waals surface area contributed by atoms with E-state index in [2.05, 4.69) is 27.4 Å². The Morgan fingerprint density at radius 2 is 1.25 bits per heavy atom. The van der Waals surface area contributed by atoms with Crippen molar-refractivity contribution >= 4 is 0 Å². The van der Waals surface area contributed by atoms with Crippen molar-refractivity contribution in [3.63, 3.8) is 0 Å². The Morgan fingerprint density at radius 1 is 0.750 bits per heavy atom. The number of allylic oxidation sites excluding steroid dienone is 1. The van der Waals surface area contributed by atoms with Gasteiger partial charge in [-0.2, -0.15) is 0 Å². The summed E-state index contributed by atoms with van der Waals surface area (Å²) in [4.78, 5) is 0. The molecule has 0 aliphatic rings. The second-order valence-electron chi connectivity index (χ2n) is 6.52. The first-order valence-corrected chi connectivity index (χ1v) is 9.73. The van der Waals surface area contributed by atoms with Gasteiger partial charge in [0.2, 0.25) is 0 Å². The van der Waals surface area contributed by atoms with Crippen LogP contribution in [0, 0.1) is 0 Å². The molecular formula is C21H44O3. The fraction of sp³-hybridized carbons (Fsp3) is 0.905. The number of hydrogen-bond donors (Lipinski definition) is 0. The Hall–Kier alpha value is -0.380. The minimum Gasteiger partial charge on any atom is -0.373 e. The third kappa shape index (κ3) is 9.19. The summed E-state index contributed by atoms with van der Waals surface area (Å²) in [6.07, 6.45) is 13.7. The van der Waals surface area contributed by atoms with Crippen molar-refractivity contribution in [1.82, 2.24) is 0 Å². The van der Waals surface area contributed by atoms with Crippen molar-refractivity contribution in [3.8, 4) is 0 Å². The highest BCUT2D eigenvalue weighted by molar-refractivity contribution is 4.93. The van der Waals surface area contributed by atoms with E-state index < -0.39 is 5.79 Å². The summed E-state index contributed by atoms with van der Waals surface area (Å²) >= 11 is 0. The van der Waals surface area contributed by atoms with Crippen LogP contribution in [0.3, 0.4) is 0 Å². The van der Waals surface area contributed by atoms with Crippen LogP contribution >= 0.6 is 0 Å². The van der Waals surface area contributed by atoms with Gasteiger partial charge in [0.1, 0.15) is 5.60 Å². The SMILES string of the molecule is C=CCC.CCCCCCCCC(CCC)(OC)C(C)(OC)OC. The Balaban J connectivity index is 0. The van der Waals surface area contributed by atoms with E-state index in [0.717, 1.165) is 25.7 Å². The van der Waals surface area contributed by atoms with Crippen LogP contribution in [0.5, 0.6) is 0 Å². The third-order valence-corrected chi connectivity index (χ3v) is 4.87. The van der Waals surface area contributed by atoms with Gasteiger partial charge in [0.15, 0.2) is 5.79 Å². The minimum atomic E-state index is -0.679. The van der Waals surface area contributed by atoms with E-state index in [4.69, 9.17) is 14.2 Å². The molecular weight excluding hydrogens is 300 g/mol. The highest BCUT2D eigenvalue weighted by Crippen LogP contribution is 2.38. The molecule has 0 amide bonds. The van der Waals surface area contributed by atoms with Crippen LogP contribution in [0.4, 0.5) is 0 Å². The van der Waals surface area contributed by atoms with Crippen molar-refractivity contribution in [2.24, 2.45) is 0 Å².